The second kappa shape index (κ2) is 7.25. The van der Waals surface area contributed by atoms with Crippen LogP contribution in [0.25, 0.3) is 0 Å². The summed E-state index contributed by atoms with van der Waals surface area (Å²) in [6.07, 6.45) is 4.04. The molecule has 1 aromatic carbocycles. The average Bonchev–Trinajstić information content (AvgIpc) is 2.94. The molecule has 0 radical (unpaired) electrons. The van der Waals surface area contributed by atoms with E-state index in [1.807, 2.05) is 18.2 Å². The number of nitrogens with one attached hydrogen (secondary N) is 3. The van der Waals surface area contributed by atoms with Gasteiger partial charge in [0.15, 0.2) is 11.5 Å². The van der Waals surface area contributed by atoms with Gasteiger partial charge >= 0.3 is 6.03 Å². The quantitative estimate of drug-likeness (QED) is 0.804. The zero-order chi connectivity index (χ0) is 16.9. The van der Waals surface area contributed by atoms with Crippen LogP contribution in [0.4, 0.5) is 10.5 Å². The molecule has 1 unspecified atom stereocenters. The Morgan fingerprint density at radius 3 is 2.75 bits per heavy atom. The van der Waals surface area contributed by atoms with Gasteiger partial charge in [0.25, 0.3) is 0 Å². The Hall–Kier alpha value is -2.70. The zero-order valence-electron chi connectivity index (χ0n) is 13.8. The molecule has 0 saturated heterocycles. The third kappa shape index (κ3) is 3.79. The summed E-state index contributed by atoms with van der Waals surface area (Å²) in [5, 5.41) is 12.2. The summed E-state index contributed by atoms with van der Waals surface area (Å²) < 4.78 is 11.4. The number of ether oxygens (including phenoxy) is 2. The molecule has 0 saturated carbocycles. The number of fused-ring (bicyclic) bond motifs is 1. The first-order valence-corrected chi connectivity index (χ1v) is 8.09. The van der Waals surface area contributed by atoms with Crippen molar-refractivity contribution in [3.05, 3.63) is 36.2 Å². The van der Waals surface area contributed by atoms with Crippen molar-refractivity contribution in [3.63, 3.8) is 0 Å². The summed E-state index contributed by atoms with van der Waals surface area (Å²) in [5.41, 5.74) is 1.60. The first-order valence-electron chi connectivity index (χ1n) is 8.09. The zero-order valence-corrected chi connectivity index (χ0v) is 13.8. The topological polar surface area (TPSA) is 88.3 Å². The van der Waals surface area contributed by atoms with Crippen LogP contribution in [0.5, 0.6) is 11.5 Å². The summed E-state index contributed by atoms with van der Waals surface area (Å²) in [6, 6.07) is 5.40. The second-order valence-electron chi connectivity index (χ2n) is 6.06. The molecule has 0 aliphatic carbocycles. The fourth-order valence-corrected chi connectivity index (χ4v) is 2.64. The van der Waals surface area contributed by atoms with Gasteiger partial charge in [0.2, 0.25) is 0 Å². The molecule has 2 aromatic rings. The van der Waals surface area contributed by atoms with Crippen molar-refractivity contribution in [2.24, 2.45) is 5.92 Å². The molecule has 2 heterocycles. The molecule has 0 fully saturated rings. The lowest BCUT2D eigenvalue weighted by Crippen LogP contribution is -2.35. The van der Waals surface area contributed by atoms with Crippen LogP contribution in [0.1, 0.15) is 31.9 Å². The number of rotatable bonds is 4. The van der Waals surface area contributed by atoms with Crippen molar-refractivity contribution >= 4 is 11.7 Å². The van der Waals surface area contributed by atoms with Crippen LogP contribution in [-0.4, -0.2) is 29.4 Å². The number of carbonyl (C=O) groups is 1. The van der Waals surface area contributed by atoms with Crippen LogP contribution < -0.4 is 20.1 Å². The average molecular weight is 330 g/mol. The molecule has 0 spiro atoms. The summed E-state index contributed by atoms with van der Waals surface area (Å²) in [4.78, 5) is 12.2. The highest BCUT2D eigenvalue weighted by atomic mass is 16.5. The third-order valence-electron chi connectivity index (χ3n) is 3.84. The van der Waals surface area contributed by atoms with Gasteiger partial charge in [-0.05, 0) is 23.6 Å². The van der Waals surface area contributed by atoms with Crippen LogP contribution in [0.15, 0.2) is 30.6 Å². The Morgan fingerprint density at radius 1 is 1.25 bits per heavy atom. The number of carbonyl (C=O) groups excluding carboxylic acids is 1. The summed E-state index contributed by atoms with van der Waals surface area (Å²) >= 11 is 0. The van der Waals surface area contributed by atoms with E-state index in [4.69, 9.17) is 9.47 Å². The molecule has 24 heavy (non-hydrogen) atoms. The highest BCUT2D eigenvalue weighted by Crippen LogP contribution is 2.34. The molecule has 1 aliphatic rings. The maximum Gasteiger partial charge on any atom is 0.319 e. The van der Waals surface area contributed by atoms with E-state index in [0.29, 0.717) is 18.9 Å². The standard InChI is InChI=1S/C17H22N4O3/c1-11(2)16(21-17(22)20-13-9-18-19-10-13)12-4-5-14-15(8-12)24-7-3-6-23-14/h4-5,8-11,16H,3,6-7H2,1-2H3,(H,18,19)(H2,20,21,22). The van der Waals surface area contributed by atoms with E-state index < -0.39 is 0 Å². The number of amides is 2. The fourth-order valence-electron chi connectivity index (χ4n) is 2.64. The number of hydrogen-bond acceptors (Lipinski definition) is 4. The van der Waals surface area contributed by atoms with Crippen LogP contribution in [-0.2, 0) is 0 Å². The number of aromatic amines is 1. The lowest BCUT2D eigenvalue weighted by molar-refractivity contribution is 0.244. The number of hydrogen-bond donors (Lipinski definition) is 3. The van der Waals surface area contributed by atoms with Crippen LogP contribution in [0.3, 0.4) is 0 Å². The van der Waals surface area contributed by atoms with E-state index >= 15 is 0 Å². The number of benzene rings is 1. The van der Waals surface area contributed by atoms with Gasteiger partial charge in [-0.15, -0.1) is 0 Å². The lowest BCUT2D eigenvalue weighted by Gasteiger charge is -2.24. The van der Waals surface area contributed by atoms with Crippen molar-refractivity contribution in [1.29, 1.82) is 0 Å². The van der Waals surface area contributed by atoms with Gasteiger partial charge in [0.1, 0.15) is 0 Å². The van der Waals surface area contributed by atoms with Crippen molar-refractivity contribution in [3.8, 4) is 11.5 Å². The highest BCUT2D eigenvalue weighted by Gasteiger charge is 2.21. The molecule has 1 aliphatic heterocycles. The SMILES string of the molecule is CC(C)C(NC(=O)Nc1cn[nH]c1)c1ccc2c(c1)OCCCO2. The molecule has 128 valence electrons. The largest absolute Gasteiger partial charge is 0.490 e. The van der Waals surface area contributed by atoms with E-state index in [9.17, 15) is 4.79 Å². The van der Waals surface area contributed by atoms with Gasteiger partial charge in [-0.25, -0.2) is 4.79 Å². The molecule has 1 aromatic heterocycles. The molecule has 1 atom stereocenters. The Bertz CT molecular complexity index is 685. The van der Waals surface area contributed by atoms with Crippen molar-refractivity contribution in [2.75, 3.05) is 18.5 Å². The van der Waals surface area contributed by atoms with Crippen LogP contribution >= 0.6 is 0 Å². The second-order valence-corrected chi connectivity index (χ2v) is 6.06. The number of anilines is 1. The maximum atomic E-state index is 12.2. The molecule has 7 heteroatoms. The highest BCUT2D eigenvalue weighted by molar-refractivity contribution is 5.89. The van der Waals surface area contributed by atoms with E-state index in [-0.39, 0.29) is 18.0 Å². The van der Waals surface area contributed by atoms with Gasteiger partial charge < -0.3 is 20.1 Å². The first kappa shape index (κ1) is 16.2. The van der Waals surface area contributed by atoms with E-state index in [0.717, 1.165) is 23.5 Å². The van der Waals surface area contributed by atoms with E-state index in [1.54, 1.807) is 12.4 Å². The molecular formula is C17H22N4O3. The van der Waals surface area contributed by atoms with Crippen molar-refractivity contribution in [1.82, 2.24) is 15.5 Å². The molecule has 2 amide bonds. The fraction of sp³-hybridized carbons (Fsp3) is 0.412. The lowest BCUT2D eigenvalue weighted by atomic mass is 9.96. The monoisotopic (exact) mass is 330 g/mol. The Morgan fingerprint density at radius 2 is 2.04 bits per heavy atom. The molecule has 7 nitrogen and oxygen atoms in total. The minimum absolute atomic E-state index is 0.144. The van der Waals surface area contributed by atoms with Gasteiger partial charge in [-0.2, -0.15) is 5.10 Å². The summed E-state index contributed by atoms with van der Waals surface area (Å²) in [7, 11) is 0. The number of H-pyrrole nitrogens is 1. The predicted octanol–water partition coefficient (Wildman–Crippen LogP) is 3.09. The van der Waals surface area contributed by atoms with Gasteiger partial charge in [0.05, 0.1) is 31.1 Å². The maximum absolute atomic E-state index is 12.2. The molecule has 0 bridgehead atoms. The van der Waals surface area contributed by atoms with Crippen molar-refractivity contribution in [2.45, 2.75) is 26.3 Å². The van der Waals surface area contributed by atoms with E-state index in [1.165, 1.54) is 0 Å². The first-order chi connectivity index (χ1) is 11.6. The number of aromatic nitrogens is 2. The number of nitrogens with zero attached hydrogens (tertiary/aromatic N) is 1. The molecule has 3 N–H and O–H groups in total. The summed E-state index contributed by atoms with van der Waals surface area (Å²) in [6.45, 7) is 5.42. The van der Waals surface area contributed by atoms with Crippen LogP contribution in [0.2, 0.25) is 0 Å². The minimum Gasteiger partial charge on any atom is -0.490 e. The van der Waals surface area contributed by atoms with Crippen LogP contribution in [0, 0.1) is 5.92 Å². The smallest absolute Gasteiger partial charge is 0.319 e. The van der Waals surface area contributed by atoms with Gasteiger partial charge in [-0.1, -0.05) is 19.9 Å². The third-order valence-corrected chi connectivity index (χ3v) is 3.84. The normalized spacial score (nSPS) is 14.8. The van der Waals surface area contributed by atoms with Crippen molar-refractivity contribution < 1.29 is 14.3 Å². The number of urea groups is 1. The Balaban J connectivity index is 1.75. The Kier molecular flexibility index (Phi) is 4.88. The predicted molar refractivity (Wildman–Crippen MR) is 90.4 cm³/mol. The molecular weight excluding hydrogens is 308 g/mol. The van der Waals surface area contributed by atoms with E-state index in [2.05, 4.69) is 34.7 Å². The Labute approximate surface area is 140 Å². The van der Waals surface area contributed by atoms with Gasteiger partial charge in [0, 0.05) is 12.6 Å². The minimum atomic E-state index is -0.276. The van der Waals surface area contributed by atoms with Gasteiger partial charge in [-0.3, -0.25) is 5.10 Å². The molecule has 3 rings (SSSR count). The summed E-state index contributed by atoms with van der Waals surface area (Å²) in [5.74, 6) is 1.69.